The van der Waals surface area contributed by atoms with Crippen LogP contribution >= 0.6 is 0 Å². The molecule has 0 radical (unpaired) electrons. The van der Waals surface area contributed by atoms with Gasteiger partial charge in [0.15, 0.2) is 5.65 Å². The fourth-order valence-corrected chi connectivity index (χ4v) is 5.84. The van der Waals surface area contributed by atoms with Crippen molar-refractivity contribution in [2.24, 2.45) is 0 Å². The summed E-state index contributed by atoms with van der Waals surface area (Å²) in [5.74, 6) is 1.83. The summed E-state index contributed by atoms with van der Waals surface area (Å²) in [5, 5.41) is 19.8. The molecule has 5 heterocycles. The van der Waals surface area contributed by atoms with Crippen LogP contribution < -0.4 is 21.1 Å². The Kier molecular flexibility index (Phi) is 7.74. The Balaban J connectivity index is 1.01. The van der Waals surface area contributed by atoms with E-state index in [0.29, 0.717) is 31.0 Å². The SMILES string of the molecule is Nc1ncnc2c1c(-c1ccc(Oc3ccccc3)cc1)nn2C1CCN(Cc2ccc(NC3CCC(=O)NC3=O)nn2)CC1. The minimum absolute atomic E-state index is 0.152. The van der Waals surface area contributed by atoms with Gasteiger partial charge in [-0.15, -0.1) is 5.10 Å². The molecule has 3 aromatic heterocycles. The first-order valence-corrected chi connectivity index (χ1v) is 15.0. The van der Waals surface area contributed by atoms with Gasteiger partial charge in [0, 0.05) is 31.6 Å². The number of nitrogens with one attached hydrogen (secondary N) is 2. The first-order chi connectivity index (χ1) is 22.0. The molecule has 5 aromatic rings. The highest BCUT2D eigenvalue weighted by atomic mass is 16.5. The number of aromatic nitrogens is 6. The van der Waals surface area contributed by atoms with E-state index < -0.39 is 6.04 Å². The number of para-hydroxylation sites is 1. The second-order valence-electron chi connectivity index (χ2n) is 11.3. The molecule has 2 aliphatic heterocycles. The number of fused-ring (bicyclic) bond motifs is 1. The fourth-order valence-electron chi connectivity index (χ4n) is 5.84. The number of carbonyl (C=O) groups is 2. The van der Waals surface area contributed by atoms with E-state index in [1.807, 2.05) is 71.4 Å². The number of rotatable bonds is 8. The number of nitrogen functional groups attached to an aromatic ring is 1. The Morgan fingerprint density at radius 1 is 0.911 bits per heavy atom. The molecular formula is C32H32N10O3. The van der Waals surface area contributed by atoms with Crippen LogP contribution in [0.5, 0.6) is 11.5 Å². The van der Waals surface area contributed by atoms with Gasteiger partial charge in [-0.3, -0.25) is 19.8 Å². The standard InChI is InChI=1S/C32H32N10O3/c33-30-28-29(20-6-9-24(10-7-20)45-23-4-2-1-3-5-23)40-42(31(28)35-19-34-30)22-14-16-41(17-15-22)18-21-8-12-26(39-38-21)36-25-11-13-27(43)37-32(25)44/h1-10,12,19,22,25H,11,13-18H2,(H,36,39)(H2,33,34,35)(H,37,43,44). The Labute approximate surface area is 258 Å². The average Bonchev–Trinajstić information content (AvgIpc) is 3.45. The predicted octanol–water partition coefficient (Wildman–Crippen LogP) is 3.71. The molecule has 2 aliphatic rings. The molecule has 2 fully saturated rings. The first-order valence-electron chi connectivity index (χ1n) is 15.0. The van der Waals surface area contributed by atoms with E-state index in [9.17, 15) is 9.59 Å². The highest BCUT2D eigenvalue weighted by Crippen LogP contribution is 2.35. The van der Waals surface area contributed by atoms with E-state index in [1.165, 1.54) is 6.33 Å². The zero-order chi connectivity index (χ0) is 30.8. The lowest BCUT2D eigenvalue weighted by Gasteiger charge is -2.31. The Bertz CT molecular complexity index is 1820. The normalized spacial score (nSPS) is 17.7. The maximum atomic E-state index is 12.0. The quantitative estimate of drug-likeness (QED) is 0.221. The van der Waals surface area contributed by atoms with Crippen LogP contribution in [0.3, 0.4) is 0 Å². The third kappa shape index (κ3) is 6.15. The topological polar surface area (TPSA) is 166 Å². The highest BCUT2D eigenvalue weighted by molar-refractivity contribution is 6.01. The van der Waals surface area contributed by atoms with E-state index in [2.05, 4.69) is 35.7 Å². The van der Waals surface area contributed by atoms with Crippen LogP contribution in [0.25, 0.3) is 22.3 Å². The molecule has 45 heavy (non-hydrogen) atoms. The van der Waals surface area contributed by atoms with Crippen molar-refractivity contribution in [1.29, 1.82) is 0 Å². The summed E-state index contributed by atoms with van der Waals surface area (Å²) >= 11 is 0. The number of hydrogen-bond donors (Lipinski definition) is 3. The summed E-state index contributed by atoms with van der Waals surface area (Å²) in [6.45, 7) is 2.37. The number of ether oxygens (including phenoxy) is 1. The molecule has 0 bridgehead atoms. The highest BCUT2D eigenvalue weighted by Gasteiger charge is 2.28. The number of anilines is 2. The van der Waals surface area contributed by atoms with Gasteiger partial charge in [-0.05, 0) is 67.8 Å². The largest absolute Gasteiger partial charge is 0.457 e. The zero-order valence-electron chi connectivity index (χ0n) is 24.5. The van der Waals surface area contributed by atoms with Crippen molar-refractivity contribution in [1.82, 2.24) is 40.2 Å². The van der Waals surface area contributed by atoms with Crippen molar-refractivity contribution in [2.45, 2.75) is 44.3 Å². The number of hydrogen-bond acceptors (Lipinski definition) is 11. The van der Waals surface area contributed by atoms with E-state index in [0.717, 1.165) is 65.4 Å². The smallest absolute Gasteiger partial charge is 0.249 e. The van der Waals surface area contributed by atoms with Crippen LogP contribution in [0.4, 0.5) is 11.6 Å². The summed E-state index contributed by atoms with van der Waals surface area (Å²) < 4.78 is 7.96. The molecule has 2 aromatic carbocycles. The van der Waals surface area contributed by atoms with Gasteiger partial charge in [0.1, 0.15) is 41.2 Å². The van der Waals surface area contributed by atoms with Crippen LogP contribution in [-0.2, 0) is 16.1 Å². The summed E-state index contributed by atoms with van der Waals surface area (Å²) in [6.07, 6.45) is 3.99. The van der Waals surface area contributed by atoms with Crippen LogP contribution in [0.15, 0.2) is 73.1 Å². The van der Waals surface area contributed by atoms with Crippen LogP contribution in [0.2, 0.25) is 0 Å². The second-order valence-corrected chi connectivity index (χ2v) is 11.3. The summed E-state index contributed by atoms with van der Waals surface area (Å²) in [6, 6.07) is 20.9. The number of likely N-dealkylation sites (tertiary alicyclic amines) is 1. The van der Waals surface area contributed by atoms with Crippen molar-refractivity contribution >= 4 is 34.5 Å². The number of amides is 2. The minimum Gasteiger partial charge on any atom is -0.457 e. The maximum absolute atomic E-state index is 12.0. The molecule has 0 aliphatic carbocycles. The molecule has 2 saturated heterocycles. The van der Waals surface area contributed by atoms with Gasteiger partial charge in [0.25, 0.3) is 0 Å². The monoisotopic (exact) mass is 604 g/mol. The molecule has 1 unspecified atom stereocenters. The lowest BCUT2D eigenvalue weighted by atomic mass is 10.0. The molecule has 1 atom stereocenters. The van der Waals surface area contributed by atoms with E-state index >= 15 is 0 Å². The molecule has 2 amide bonds. The number of imide groups is 1. The first kappa shape index (κ1) is 28.3. The van der Waals surface area contributed by atoms with Crippen molar-refractivity contribution in [3.8, 4) is 22.8 Å². The van der Waals surface area contributed by atoms with Gasteiger partial charge in [0.2, 0.25) is 11.8 Å². The molecule has 13 nitrogen and oxygen atoms in total. The zero-order valence-corrected chi connectivity index (χ0v) is 24.5. The van der Waals surface area contributed by atoms with Crippen molar-refractivity contribution in [2.75, 3.05) is 24.1 Å². The van der Waals surface area contributed by atoms with Gasteiger partial charge in [-0.2, -0.15) is 10.2 Å². The second kappa shape index (κ2) is 12.3. The summed E-state index contributed by atoms with van der Waals surface area (Å²) in [4.78, 5) is 34.6. The number of carbonyl (C=O) groups excluding carboxylic acids is 2. The minimum atomic E-state index is -0.491. The summed E-state index contributed by atoms with van der Waals surface area (Å²) in [5.41, 5.74) is 9.59. The number of piperidine rings is 2. The van der Waals surface area contributed by atoms with Gasteiger partial charge in [-0.1, -0.05) is 18.2 Å². The van der Waals surface area contributed by atoms with Gasteiger partial charge in [-0.25, -0.2) is 14.6 Å². The van der Waals surface area contributed by atoms with E-state index in [1.54, 1.807) is 0 Å². The van der Waals surface area contributed by atoms with Crippen LogP contribution in [0, 0.1) is 0 Å². The molecule has 0 spiro atoms. The van der Waals surface area contributed by atoms with Gasteiger partial charge >= 0.3 is 0 Å². The lowest BCUT2D eigenvalue weighted by molar-refractivity contribution is -0.133. The van der Waals surface area contributed by atoms with E-state index in [4.69, 9.17) is 15.6 Å². The Morgan fingerprint density at radius 3 is 2.42 bits per heavy atom. The van der Waals surface area contributed by atoms with Crippen LogP contribution in [0.1, 0.15) is 37.4 Å². The Morgan fingerprint density at radius 2 is 1.69 bits per heavy atom. The third-order valence-corrected chi connectivity index (χ3v) is 8.19. The van der Waals surface area contributed by atoms with Crippen molar-refractivity contribution in [3.63, 3.8) is 0 Å². The molecule has 228 valence electrons. The number of nitrogens with zero attached hydrogens (tertiary/aromatic N) is 7. The molecule has 4 N–H and O–H groups in total. The molecule has 7 rings (SSSR count). The summed E-state index contributed by atoms with van der Waals surface area (Å²) in [7, 11) is 0. The van der Waals surface area contributed by atoms with Gasteiger partial charge in [0.05, 0.1) is 17.1 Å². The number of benzene rings is 2. The van der Waals surface area contributed by atoms with Crippen LogP contribution in [-0.4, -0.2) is 65.8 Å². The van der Waals surface area contributed by atoms with Crippen molar-refractivity contribution < 1.29 is 14.3 Å². The van der Waals surface area contributed by atoms with E-state index in [-0.39, 0.29) is 17.9 Å². The average molecular weight is 605 g/mol. The van der Waals surface area contributed by atoms with Crippen molar-refractivity contribution in [3.05, 3.63) is 78.8 Å². The number of nitrogens with two attached hydrogens (primary N) is 1. The third-order valence-electron chi connectivity index (χ3n) is 8.19. The predicted molar refractivity (Wildman–Crippen MR) is 167 cm³/mol. The fraction of sp³-hybridized carbons (Fsp3) is 0.281. The van der Waals surface area contributed by atoms with Gasteiger partial charge < -0.3 is 15.8 Å². The molecule has 0 saturated carbocycles. The Hall–Kier alpha value is -5.43. The lowest BCUT2D eigenvalue weighted by Crippen LogP contribution is -2.47. The molecular weight excluding hydrogens is 572 g/mol. The molecule has 13 heteroatoms. The maximum Gasteiger partial charge on any atom is 0.249 e.